The zero-order valence-electron chi connectivity index (χ0n) is 22.9. The minimum Gasteiger partial charge on any atom is -0.452 e. The summed E-state index contributed by atoms with van der Waals surface area (Å²) in [4.78, 5) is 23.7. The molecule has 4 aromatic carbocycles. The van der Waals surface area contributed by atoms with Crippen molar-refractivity contribution in [3.63, 3.8) is 0 Å². The van der Waals surface area contributed by atoms with Gasteiger partial charge in [-0.15, -0.1) is 0 Å². The Morgan fingerprint density at radius 2 is 0.930 bits per heavy atom. The topological polar surface area (TPSA) is 77.6 Å². The second-order valence-electron chi connectivity index (χ2n) is 10.2. The number of pyridine rings is 2. The normalized spacial score (nSPS) is 11.3. The van der Waals surface area contributed by atoms with Gasteiger partial charge in [0.25, 0.3) is 0 Å². The maximum Gasteiger partial charge on any atom is 0.164 e. The molecule has 0 saturated heterocycles. The van der Waals surface area contributed by atoms with Crippen LogP contribution in [0.1, 0.15) is 0 Å². The Morgan fingerprint density at radius 1 is 0.395 bits per heavy atom. The van der Waals surface area contributed by atoms with Crippen molar-refractivity contribution in [1.82, 2.24) is 24.9 Å². The van der Waals surface area contributed by atoms with Gasteiger partial charge in [-0.05, 0) is 47.0 Å². The molecule has 4 aromatic heterocycles. The summed E-state index contributed by atoms with van der Waals surface area (Å²) in [6.07, 6.45) is 3.57. The van der Waals surface area contributed by atoms with Crippen molar-refractivity contribution in [2.24, 2.45) is 0 Å². The first-order valence-electron chi connectivity index (χ1n) is 14.0. The number of furan rings is 1. The SMILES string of the molecule is c1ccc(-c2nc(-c3ccccc3)nc(-c3cccc(-c4cccc(-c5ccnc6c5oc5cccnc56)c4)c3)n2)cc1. The van der Waals surface area contributed by atoms with E-state index in [1.807, 2.05) is 97.2 Å². The molecule has 0 saturated carbocycles. The molecule has 0 N–H and O–H groups in total. The van der Waals surface area contributed by atoms with Crippen LogP contribution in [0, 0.1) is 0 Å². The first kappa shape index (κ1) is 24.8. The molecule has 0 radical (unpaired) electrons. The molecule has 0 spiro atoms. The predicted octanol–water partition coefficient (Wildman–Crippen LogP) is 8.90. The molecule has 0 aliphatic heterocycles. The van der Waals surface area contributed by atoms with Gasteiger partial charge in [0, 0.05) is 34.6 Å². The third-order valence-electron chi connectivity index (χ3n) is 7.44. The van der Waals surface area contributed by atoms with Crippen LogP contribution in [0.4, 0.5) is 0 Å². The summed E-state index contributed by atoms with van der Waals surface area (Å²) in [5.41, 5.74) is 9.91. The molecule has 4 heterocycles. The number of aromatic nitrogens is 5. The number of fused-ring (bicyclic) bond motifs is 3. The lowest BCUT2D eigenvalue weighted by molar-refractivity contribution is 0.668. The molecule has 0 bridgehead atoms. The maximum absolute atomic E-state index is 6.21. The lowest BCUT2D eigenvalue weighted by Gasteiger charge is -2.10. The number of hydrogen-bond donors (Lipinski definition) is 0. The molecule has 202 valence electrons. The van der Waals surface area contributed by atoms with Gasteiger partial charge in [0.1, 0.15) is 11.0 Å². The highest BCUT2D eigenvalue weighted by atomic mass is 16.3. The zero-order valence-corrected chi connectivity index (χ0v) is 22.9. The van der Waals surface area contributed by atoms with Crippen LogP contribution in [0.25, 0.3) is 78.6 Å². The third kappa shape index (κ3) is 4.61. The maximum atomic E-state index is 6.21. The fourth-order valence-electron chi connectivity index (χ4n) is 5.35. The van der Waals surface area contributed by atoms with Crippen molar-refractivity contribution >= 4 is 22.2 Å². The Labute approximate surface area is 247 Å². The Morgan fingerprint density at radius 3 is 1.60 bits per heavy atom. The Balaban J connectivity index is 1.22. The van der Waals surface area contributed by atoms with Gasteiger partial charge in [-0.1, -0.05) is 97.1 Å². The van der Waals surface area contributed by atoms with Gasteiger partial charge >= 0.3 is 0 Å². The lowest BCUT2D eigenvalue weighted by atomic mass is 9.98. The summed E-state index contributed by atoms with van der Waals surface area (Å²) in [7, 11) is 0. The molecule has 6 nitrogen and oxygen atoms in total. The van der Waals surface area contributed by atoms with Gasteiger partial charge in [-0.25, -0.2) is 15.0 Å². The number of nitrogens with zero attached hydrogens (tertiary/aromatic N) is 5. The van der Waals surface area contributed by atoms with E-state index in [0.717, 1.165) is 61.1 Å². The minimum atomic E-state index is 0.622. The smallest absolute Gasteiger partial charge is 0.164 e. The van der Waals surface area contributed by atoms with Crippen LogP contribution in [0.2, 0.25) is 0 Å². The van der Waals surface area contributed by atoms with Crippen molar-refractivity contribution in [3.8, 4) is 56.4 Å². The molecule has 0 amide bonds. The second kappa shape index (κ2) is 10.4. The minimum absolute atomic E-state index is 0.622. The van der Waals surface area contributed by atoms with Gasteiger partial charge in [0.2, 0.25) is 0 Å². The molecule has 43 heavy (non-hydrogen) atoms. The molecule has 0 atom stereocenters. The van der Waals surface area contributed by atoms with E-state index in [4.69, 9.17) is 19.4 Å². The number of rotatable bonds is 5. The van der Waals surface area contributed by atoms with E-state index >= 15 is 0 Å². The van der Waals surface area contributed by atoms with E-state index in [9.17, 15) is 0 Å². The van der Waals surface area contributed by atoms with Gasteiger partial charge in [-0.2, -0.15) is 0 Å². The van der Waals surface area contributed by atoms with E-state index in [1.165, 1.54) is 0 Å². The average Bonchev–Trinajstić information content (AvgIpc) is 3.48. The largest absolute Gasteiger partial charge is 0.452 e. The van der Waals surface area contributed by atoms with Gasteiger partial charge in [0.05, 0.1) is 0 Å². The molecule has 6 heteroatoms. The predicted molar refractivity (Wildman–Crippen MR) is 170 cm³/mol. The Hall–Kier alpha value is -6.01. The molecule has 0 aliphatic carbocycles. The van der Waals surface area contributed by atoms with Crippen LogP contribution in [-0.2, 0) is 0 Å². The zero-order chi connectivity index (χ0) is 28.6. The quantitative estimate of drug-likeness (QED) is 0.212. The fraction of sp³-hybridized carbons (Fsp3) is 0. The van der Waals surface area contributed by atoms with E-state index in [-0.39, 0.29) is 0 Å². The summed E-state index contributed by atoms with van der Waals surface area (Å²) in [5, 5.41) is 0. The molecule has 0 unspecified atom stereocenters. The van der Waals surface area contributed by atoms with Crippen molar-refractivity contribution in [2.45, 2.75) is 0 Å². The summed E-state index contributed by atoms with van der Waals surface area (Å²) in [5.74, 6) is 1.90. The van der Waals surface area contributed by atoms with Gasteiger partial charge in [0.15, 0.2) is 28.6 Å². The molecular formula is C37H23N5O. The van der Waals surface area contributed by atoms with E-state index < -0.39 is 0 Å². The van der Waals surface area contributed by atoms with Crippen LogP contribution >= 0.6 is 0 Å². The molecule has 8 rings (SSSR count). The third-order valence-corrected chi connectivity index (χ3v) is 7.44. The monoisotopic (exact) mass is 553 g/mol. The van der Waals surface area contributed by atoms with E-state index in [1.54, 1.807) is 6.20 Å². The Bertz CT molecular complexity index is 2190. The van der Waals surface area contributed by atoms with E-state index in [0.29, 0.717) is 17.5 Å². The first-order valence-corrected chi connectivity index (χ1v) is 14.0. The van der Waals surface area contributed by atoms with Crippen molar-refractivity contribution in [1.29, 1.82) is 0 Å². The standard InChI is InChI=1S/C37H23N5O/c1-3-10-24(11-4-1)35-40-36(25-12-5-2-6-13-25)42-37(41-35)29-17-8-15-27(23-29)26-14-7-16-28(22-26)30-19-21-39-33-32-31(43-34(30)33)18-9-20-38-32/h1-23H. The second-order valence-corrected chi connectivity index (χ2v) is 10.2. The summed E-state index contributed by atoms with van der Waals surface area (Å²) in [6.45, 7) is 0. The summed E-state index contributed by atoms with van der Waals surface area (Å²) in [6, 6.07) is 42.6. The molecule has 0 aliphatic rings. The van der Waals surface area contributed by atoms with Crippen LogP contribution in [0.5, 0.6) is 0 Å². The van der Waals surface area contributed by atoms with Crippen LogP contribution in [0.15, 0.2) is 144 Å². The number of benzene rings is 4. The molecule has 0 fully saturated rings. The Kier molecular flexibility index (Phi) is 6.01. The van der Waals surface area contributed by atoms with Gasteiger partial charge < -0.3 is 4.42 Å². The van der Waals surface area contributed by atoms with Crippen molar-refractivity contribution in [2.75, 3.05) is 0 Å². The van der Waals surface area contributed by atoms with Crippen LogP contribution < -0.4 is 0 Å². The van der Waals surface area contributed by atoms with Crippen molar-refractivity contribution < 1.29 is 4.42 Å². The first-order chi connectivity index (χ1) is 21.3. The summed E-state index contributed by atoms with van der Waals surface area (Å²) >= 11 is 0. The highest BCUT2D eigenvalue weighted by Crippen LogP contribution is 2.35. The lowest BCUT2D eigenvalue weighted by Crippen LogP contribution is -2.00. The highest BCUT2D eigenvalue weighted by molar-refractivity contribution is 6.05. The molecule has 8 aromatic rings. The van der Waals surface area contributed by atoms with Gasteiger partial charge in [-0.3, -0.25) is 9.97 Å². The molecular weight excluding hydrogens is 530 g/mol. The fourth-order valence-corrected chi connectivity index (χ4v) is 5.35. The van der Waals surface area contributed by atoms with Crippen molar-refractivity contribution in [3.05, 3.63) is 140 Å². The summed E-state index contributed by atoms with van der Waals surface area (Å²) < 4.78 is 6.21. The van der Waals surface area contributed by atoms with E-state index in [2.05, 4.69) is 46.4 Å². The number of hydrogen-bond acceptors (Lipinski definition) is 6. The highest BCUT2D eigenvalue weighted by Gasteiger charge is 2.16. The van der Waals surface area contributed by atoms with Crippen LogP contribution in [-0.4, -0.2) is 24.9 Å². The average molecular weight is 554 g/mol. The van der Waals surface area contributed by atoms with Crippen LogP contribution in [0.3, 0.4) is 0 Å².